The number of nitrogens with one attached hydrogen (secondary N) is 1. The van der Waals surface area contributed by atoms with Gasteiger partial charge in [-0.25, -0.2) is 0 Å². The van der Waals surface area contributed by atoms with Crippen molar-refractivity contribution in [2.24, 2.45) is 0 Å². The van der Waals surface area contributed by atoms with Gasteiger partial charge in [0.2, 0.25) is 0 Å². The lowest BCUT2D eigenvalue weighted by Gasteiger charge is -2.11. The Morgan fingerprint density at radius 1 is 1.21 bits per heavy atom. The van der Waals surface area contributed by atoms with Crippen molar-refractivity contribution in [1.82, 2.24) is 10.2 Å². The van der Waals surface area contributed by atoms with Gasteiger partial charge in [0, 0.05) is 7.11 Å². The van der Waals surface area contributed by atoms with Crippen molar-refractivity contribution in [2.45, 2.75) is 32.3 Å². The Morgan fingerprint density at radius 2 is 1.86 bits per heavy atom. The first kappa shape index (κ1) is 13.9. The Kier molecular flexibility index (Phi) is 9.35. The highest BCUT2D eigenvalue weighted by Crippen LogP contribution is 1.98. The summed E-state index contributed by atoms with van der Waals surface area (Å²) in [5.74, 6) is 0. The number of hydrogen-bond acceptors (Lipinski definition) is 3. The molecule has 0 spiro atoms. The van der Waals surface area contributed by atoms with Crippen molar-refractivity contribution >= 4 is 0 Å². The largest absolute Gasteiger partial charge is 0.382 e. The number of ether oxygens (including phenoxy) is 1. The minimum absolute atomic E-state index is 0.401. The zero-order valence-electron chi connectivity index (χ0n) is 10.2. The Balaban J connectivity index is 2.99. The minimum atomic E-state index is 0.401. The van der Waals surface area contributed by atoms with Crippen molar-refractivity contribution in [2.75, 3.05) is 40.8 Å². The van der Waals surface area contributed by atoms with Crippen LogP contribution in [0.4, 0.5) is 0 Å². The topological polar surface area (TPSA) is 24.5 Å². The molecule has 0 aliphatic heterocycles. The quantitative estimate of drug-likeness (QED) is 0.571. The second kappa shape index (κ2) is 9.44. The van der Waals surface area contributed by atoms with Crippen molar-refractivity contribution in [3.8, 4) is 0 Å². The monoisotopic (exact) mass is 202 g/mol. The van der Waals surface area contributed by atoms with Crippen molar-refractivity contribution in [3.05, 3.63) is 0 Å². The van der Waals surface area contributed by atoms with Crippen LogP contribution in [0.1, 0.15) is 26.2 Å². The van der Waals surface area contributed by atoms with Crippen LogP contribution in [-0.2, 0) is 4.74 Å². The molecule has 0 saturated carbocycles. The fraction of sp³-hybridized carbons (Fsp3) is 1.00. The van der Waals surface area contributed by atoms with E-state index in [1.165, 1.54) is 19.4 Å². The van der Waals surface area contributed by atoms with Gasteiger partial charge >= 0.3 is 0 Å². The molecule has 0 rings (SSSR count). The lowest BCUT2D eigenvalue weighted by atomic mass is 10.2. The number of methoxy groups -OCH3 is 1. The summed E-state index contributed by atoms with van der Waals surface area (Å²) in [5, 5.41) is 3.44. The lowest BCUT2D eigenvalue weighted by Crippen LogP contribution is -2.22. The van der Waals surface area contributed by atoms with Crippen LogP contribution in [0.25, 0.3) is 0 Å². The summed E-state index contributed by atoms with van der Waals surface area (Å²) in [6.07, 6.45) is 3.99. The Hall–Kier alpha value is -0.120. The normalized spacial score (nSPS) is 13.5. The number of rotatable bonds is 9. The average molecular weight is 202 g/mol. The fourth-order valence-corrected chi connectivity index (χ4v) is 1.28. The predicted octanol–water partition coefficient (Wildman–Crippen LogP) is 1.34. The summed E-state index contributed by atoms with van der Waals surface area (Å²) in [7, 11) is 6.00. The van der Waals surface area contributed by atoms with Gasteiger partial charge < -0.3 is 15.0 Å². The van der Waals surface area contributed by atoms with Crippen molar-refractivity contribution in [3.63, 3.8) is 0 Å². The summed E-state index contributed by atoms with van der Waals surface area (Å²) in [6, 6.07) is 0. The molecule has 0 aliphatic carbocycles. The minimum Gasteiger partial charge on any atom is -0.382 e. The standard InChI is InChI=1S/C11H26N2O/c1-11(14-4)7-5-8-12-9-6-10-13(2)3/h11-12H,5-10H2,1-4H3. The highest BCUT2D eigenvalue weighted by atomic mass is 16.5. The maximum Gasteiger partial charge on any atom is 0.0543 e. The fourth-order valence-electron chi connectivity index (χ4n) is 1.28. The summed E-state index contributed by atoms with van der Waals surface area (Å²) < 4.78 is 5.17. The van der Waals surface area contributed by atoms with Crippen molar-refractivity contribution in [1.29, 1.82) is 0 Å². The first-order chi connectivity index (χ1) is 6.66. The number of hydrogen-bond donors (Lipinski definition) is 1. The first-order valence-corrected chi connectivity index (χ1v) is 5.55. The molecule has 0 heterocycles. The van der Waals surface area contributed by atoms with Gasteiger partial charge in [-0.1, -0.05) is 0 Å². The molecule has 0 aromatic carbocycles. The summed E-state index contributed by atoms with van der Waals surface area (Å²) in [5.41, 5.74) is 0. The highest BCUT2D eigenvalue weighted by molar-refractivity contribution is 4.54. The Labute approximate surface area is 88.8 Å². The van der Waals surface area contributed by atoms with E-state index < -0.39 is 0 Å². The van der Waals surface area contributed by atoms with Crippen LogP contribution >= 0.6 is 0 Å². The van der Waals surface area contributed by atoms with Gasteiger partial charge in [0.1, 0.15) is 0 Å². The van der Waals surface area contributed by atoms with Crippen LogP contribution in [0.5, 0.6) is 0 Å². The second-order valence-corrected chi connectivity index (χ2v) is 4.10. The SMILES string of the molecule is COC(C)CCCNCCCN(C)C. The molecule has 0 bridgehead atoms. The van der Waals surface area contributed by atoms with E-state index in [2.05, 4.69) is 31.2 Å². The molecule has 1 unspecified atom stereocenters. The van der Waals surface area contributed by atoms with Crippen LogP contribution in [0, 0.1) is 0 Å². The van der Waals surface area contributed by atoms with E-state index in [0.717, 1.165) is 19.5 Å². The maximum absolute atomic E-state index is 5.17. The Bertz CT molecular complexity index is 118. The molecular weight excluding hydrogens is 176 g/mol. The van der Waals surface area contributed by atoms with E-state index in [4.69, 9.17) is 4.74 Å². The molecule has 0 radical (unpaired) electrons. The van der Waals surface area contributed by atoms with Gasteiger partial charge in [-0.05, 0) is 59.9 Å². The van der Waals surface area contributed by atoms with E-state index in [9.17, 15) is 0 Å². The molecule has 0 aromatic heterocycles. The first-order valence-electron chi connectivity index (χ1n) is 5.55. The molecule has 0 saturated heterocycles. The maximum atomic E-state index is 5.17. The summed E-state index contributed by atoms with van der Waals surface area (Å²) in [6.45, 7) is 5.52. The van der Waals surface area contributed by atoms with Crippen LogP contribution in [-0.4, -0.2) is 51.8 Å². The third-order valence-corrected chi connectivity index (χ3v) is 2.33. The van der Waals surface area contributed by atoms with Crippen LogP contribution in [0.3, 0.4) is 0 Å². The Morgan fingerprint density at radius 3 is 2.43 bits per heavy atom. The van der Waals surface area contributed by atoms with E-state index in [0.29, 0.717) is 6.10 Å². The molecule has 86 valence electrons. The molecule has 1 atom stereocenters. The molecule has 1 N–H and O–H groups in total. The summed E-state index contributed by atoms with van der Waals surface area (Å²) >= 11 is 0. The molecule has 0 aliphatic rings. The lowest BCUT2D eigenvalue weighted by molar-refractivity contribution is 0.109. The molecule has 3 heteroatoms. The zero-order valence-corrected chi connectivity index (χ0v) is 10.2. The van der Waals surface area contributed by atoms with Gasteiger partial charge in [-0.2, -0.15) is 0 Å². The van der Waals surface area contributed by atoms with E-state index in [1.807, 2.05) is 0 Å². The molecular formula is C11H26N2O. The van der Waals surface area contributed by atoms with Gasteiger partial charge in [-0.15, -0.1) is 0 Å². The van der Waals surface area contributed by atoms with Gasteiger partial charge in [0.25, 0.3) is 0 Å². The molecule has 0 amide bonds. The van der Waals surface area contributed by atoms with E-state index >= 15 is 0 Å². The zero-order chi connectivity index (χ0) is 10.8. The molecule has 3 nitrogen and oxygen atoms in total. The highest BCUT2D eigenvalue weighted by Gasteiger charge is 1.97. The second-order valence-electron chi connectivity index (χ2n) is 4.10. The van der Waals surface area contributed by atoms with Crippen LogP contribution in [0.15, 0.2) is 0 Å². The van der Waals surface area contributed by atoms with Crippen LogP contribution in [0.2, 0.25) is 0 Å². The van der Waals surface area contributed by atoms with Gasteiger partial charge in [0.05, 0.1) is 6.10 Å². The molecule has 0 fully saturated rings. The number of nitrogens with zero attached hydrogens (tertiary/aromatic N) is 1. The van der Waals surface area contributed by atoms with Crippen molar-refractivity contribution < 1.29 is 4.74 Å². The third kappa shape index (κ3) is 9.96. The average Bonchev–Trinajstić information content (AvgIpc) is 2.15. The molecule has 0 aromatic rings. The summed E-state index contributed by atoms with van der Waals surface area (Å²) in [4.78, 5) is 2.22. The predicted molar refractivity (Wildman–Crippen MR) is 61.7 cm³/mol. The van der Waals surface area contributed by atoms with Gasteiger partial charge in [-0.3, -0.25) is 0 Å². The van der Waals surface area contributed by atoms with Gasteiger partial charge in [0.15, 0.2) is 0 Å². The molecule has 14 heavy (non-hydrogen) atoms. The van der Waals surface area contributed by atoms with E-state index in [-0.39, 0.29) is 0 Å². The third-order valence-electron chi connectivity index (χ3n) is 2.33. The smallest absolute Gasteiger partial charge is 0.0543 e. The van der Waals surface area contributed by atoms with Crippen LogP contribution < -0.4 is 5.32 Å². The van der Waals surface area contributed by atoms with E-state index in [1.54, 1.807) is 7.11 Å².